The van der Waals surface area contributed by atoms with Crippen molar-refractivity contribution in [2.75, 3.05) is 0 Å². The van der Waals surface area contributed by atoms with Crippen molar-refractivity contribution in [3.63, 3.8) is 0 Å². The summed E-state index contributed by atoms with van der Waals surface area (Å²) in [5.74, 6) is 0.869. The molecular formula is C31H17BrN4O3. The summed E-state index contributed by atoms with van der Waals surface area (Å²) in [5.41, 5.74) is 3.41. The number of aromatic nitrogens is 4. The average Bonchev–Trinajstić information content (AvgIpc) is 3.41. The summed E-state index contributed by atoms with van der Waals surface area (Å²) in [5, 5.41) is 7.70. The van der Waals surface area contributed by atoms with Gasteiger partial charge in [-0.1, -0.05) is 76.6 Å². The maximum atomic E-state index is 13.5. The molecule has 0 radical (unpaired) electrons. The van der Waals surface area contributed by atoms with E-state index in [1.807, 2.05) is 60.7 Å². The molecule has 1 aliphatic rings. The molecule has 0 saturated carbocycles. The Morgan fingerprint density at radius 3 is 2.51 bits per heavy atom. The van der Waals surface area contributed by atoms with Crippen LogP contribution in [0, 0.1) is 0 Å². The highest BCUT2D eigenvalue weighted by Crippen LogP contribution is 2.49. The van der Waals surface area contributed by atoms with Crippen molar-refractivity contribution < 1.29 is 9.15 Å². The summed E-state index contributed by atoms with van der Waals surface area (Å²) in [4.78, 5) is 23.1. The van der Waals surface area contributed by atoms with Crippen LogP contribution in [0.25, 0.3) is 38.8 Å². The van der Waals surface area contributed by atoms with E-state index in [2.05, 4.69) is 45.2 Å². The number of hydrogen-bond donors (Lipinski definition) is 0. The molecule has 0 spiro atoms. The molecule has 0 amide bonds. The molecule has 7 nitrogen and oxygen atoms in total. The lowest BCUT2D eigenvalue weighted by Gasteiger charge is -2.27. The molecule has 4 heterocycles. The fraction of sp³-hybridized carbons (Fsp3) is 0.0323. The van der Waals surface area contributed by atoms with E-state index in [4.69, 9.17) is 19.2 Å². The Bertz CT molecular complexity index is 2150. The van der Waals surface area contributed by atoms with Crippen LogP contribution in [0.3, 0.4) is 0 Å². The Kier molecular flexibility index (Phi) is 4.75. The average molecular weight is 573 g/mol. The zero-order valence-electron chi connectivity index (χ0n) is 20.2. The van der Waals surface area contributed by atoms with E-state index in [-0.39, 0.29) is 0 Å². The van der Waals surface area contributed by atoms with Crippen LogP contribution < -0.4 is 10.4 Å². The lowest BCUT2D eigenvalue weighted by atomic mass is 9.84. The van der Waals surface area contributed by atoms with Gasteiger partial charge in [0.1, 0.15) is 11.9 Å². The molecule has 1 aliphatic heterocycles. The van der Waals surface area contributed by atoms with Gasteiger partial charge in [0.05, 0.1) is 22.4 Å². The van der Waals surface area contributed by atoms with Crippen LogP contribution in [-0.4, -0.2) is 19.6 Å². The van der Waals surface area contributed by atoms with Crippen molar-refractivity contribution in [2.45, 2.75) is 5.92 Å². The van der Waals surface area contributed by atoms with Crippen LogP contribution in [0.2, 0.25) is 0 Å². The van der Waals surface area contributed by atoms with Crippen molar-refractivity contribution in [3.05, 3.63) is 129 Å². The van der Waals surface area contributed by atoms with Crippen LogP contribution in [0.4, 0.5) is 0 Å². The minimum absolute atomic E-state index is 0.385. The molecule has 4 aromatic carbocycles. The maximum Gasteiger partial charge on any atom is 0.344 e. The highest BCUT2D eigenvalue weighted by molar-refractivity contribution is 9.10. The molecule has 7 aromatic rings. The lowest BCUT2D eigenvalue weighted by molar-refractivity contribution is 0.422. The fourth-order valence-electron chi connectivity index (χ4n) is 5.37. The van der Waals surface area contributed by atoms with E-state index < -0.39 is 11.5 Å². The second-order valence-corrected chi connectivity index (χ2v) is 10.4. The minimum Gasteiger partial charge on any atom is -0.437 e. The van der Waals surface area contributed by atoms with E-state index in [0.29, 0.717) is 45.2 Å². The van der Waals surface area contributed by atoms with Crippen LogP contribution in [-0.2, 0) is 0 Å². The highest BCUT2D eigenvalue weighted by Gasteiger charge is 2.37. The Morgan fingerprint density at radius 2 is 1.64 bits per heavy atom. The first kappa shape index (κ1) is 22.2. The molecule has 0 fully saturated rings. The van der Waals surface area contributed by atoms with Gasteiger partial charge in [-0.05, 0) is 46.7 Å². The van der Waals surface area contributed by atoms with Crippen molar-refractivity contribution >= 4 is 43.3 Å². The standard InChI is InChI=1S/C31H17BrN4O3/c32-21-13-11-18(12-14-21)24-25-27(22-7-3-4-8-23(22)38-31(25)37)39-30-26(24)29-34-28(35-36(29)16-33-30)20-10-9-17-5-1-2-6-19(17)15-20/h1-16,24H. The summed E-state index contributed by atoms with van der Waals surface area (Å²) in [6.45, 7) is 0. The van der Waals surface area contributed by atoms with Crippen LogP contribution in [0.5, 0.6) is 11.6 Å². The quantitative estimate of drug-likeness (QED) is 0.205. The third kappa shape index (κ3) is 3.42. The van der Waals surface area contributed by atoms with Gasteiger partial charge >= 0.3 is 5.63 Å². The smallest absolute Gasteiger partial charge is 0.344 e. The van der Waals surface area contributed by atoms with Crippen LogP contribution in [0.1, 0.15) is 22.6 Å². The number of nitrogens with zero attached hydrogens (tertiary/aromatic N) is 4. The molecule has 0 aliphatic carbocycles. The van der Waals surface area contributed by atoms with E-state index in [0.717, 1.165) is 26.4 Å². The summed E-state index contributed by atoms with van der Waals surface area (Å²) < 4.78 is 14.7. The third-order valence-corrected chi connectivity index (χ3v) is 7.70. The van der Waals surface area contributed by atoms with E-state index >= 15 is 0 Å². The van der Waals surface area contributed by atoms with Crippen LogP contribution in [0.15, 0.2) is 111 Å². The van der Waals surface area contributed by atoms with Crippen molar-refractivity contribution in [2.24, 2.45) is 0 Å². The van der Waals surface area contributed by atoms with Gasteiger partial charge in [0.25, 0.3) is 0 Å². The molecule has 39 heavy (non-hydrogen) atoms. The molecule has 8 rings (SSSR count). The first-order valence-corrected chi connectivity index (χ1v) is 13.2. The first-order chi connectivity index (χ1) is 19.1. The SMILES string of the molecule is O=c1oc2ccccc2c2c1C(c1ccc(Br)cc1)c1c(ncn3nc(-c4ccc5ccccc5c4)nc13)O2. The summed E-state index contributed by atoms with van der Waals surface area (Å²) in [6.07, 6.45) is 1.60. The van der Waals surface area contributed by atoms with Crippen molar-refractivity contribution in [1.29, 1.82) is 0 Å². The van der Waals surface area contributed by atoms with Crippen LogP contribution >= 0.6 is 15.9 Å². The maximum absolute atomic E-state index is 13.5. The van der Waals surface area contributed by atoms with E-state index in [9.17, 15) is 4.79 Å². The van der Waals surface area contributed by atoms with Crippen molar-refractivity contribution in [1.82, 2.24) is 19.6 Å². The lowest BCUT2D eigenvalue weighted by Crippen LogP contribution is -2.22. The molecule has 3 aromatic heterocycles. The van der Waals surface area contributed by atoms with Crippen molar-refractivity contribution in [3.8, 4) is 23.0 Å². The van der Waals surface area contributed by atoms with Gasteiger partial charge in [-0.25, -0.2) is 19.3 Å². The normalized spacial score (nSPS) is 14.3. The number of hydrogen-bond acceptors (Lipinski definition) is 6. The Hall–Kier alpha value is -4.82. The largest absolute Gasteiger partial charge is 0.437 e. The molecule has 0 saturated heterocycles. The zero-order valence-corrected chi connectivity index (χ0v) is 21.8. The molecule has 1 unspecified atom stereocenters. The summed E-state index contributed by atoms with van der Waals surface area (Å²) in [6, 6.07) is 29.5. The number of halogens is 1. The molecule has 1 atom stereocenters. The number of ether oxygens (including phenoxy) is 1. The molecule has 0 N–H and O–H groups in total. The highest BCUT2D eigenvalue weighted by atomic mass is 79.9. The first-order valence-electron chi connectivity index (χ1n) is 12.4. The predicted octanol–water partition coefficient (Wildman–Crippen LogP) is 7.10. The number of rotatable bonds is 2. The summed E-state index contributed by atoms with van der Waals surface area (Å²) >= 11 is 3.52. The minimum atomic E-state index is -0.525. The molecule has 8 heteroatoms. The summed E-state index contributed by atoms with van der Waals surface area (Å²) in [7, 11) is 0. The van der Waals surface area contributed by atoms with Gasteiger partial charge in [-0.2, -0.15) is 0 Å². The Labute approximate surface area is 229 Å². The number of benzene rings is 4. The Balaban J connectivity index is 1.40. The third-order valence-electron chi connectivity index (χ3n) is 7.17. The second kappa shape index (κ2) is 8.34. The van der Waals surface area contributed by atoms with Gasteiger partial charge in [-0.15, -0.1) is 5.10 Å². The number of para-hydroxylation sites is 1. The molecule has 0 bridgehead atoms. The van der Waals surface area contributed by atoms with Gasteiger partial charge in [-0.3, -0.25) is 0 Å². The van der Waals surface area contributed by atoms with E-state index in [1.54, 1.807) is 16.9 Å². The predicted molar refractivity (Wildman–Crippen MR) is 151 cm³/mol. The second-order valence-electron chi connectivity index (χ2n) is 9.44. The Morgan fingerprint density at radius 1 is 0.846 bits per heavy atom. The molecule has 186 valence electrons. The topological polar surface area (TPSA) is 82.5 Å². The molecular weight excluding hydrogens is 556 g/mol. The van der Waals surface area contributed by atoms with Gasteiger partial charge in [0.15, 0.2) is 17.2 Å². The monoisotopic (exact) mass is 572 g/mol. The van der Waals surface area contributed by atoms with Gasteiger partial charge in [0, 0.05) is 10.0 Å². The van der Waals surface area contributed by atoms with Gasteiger partial charge < -0.3 is 9.15 Å². The van der Waals surface area contributed by atoms with Gasteiger partial charge in [0.2, 0.25) is 5.88 Å². The zero-order chi connectivity index (χ0) is 26.1. The number of fused-ring (bicyclic) bond motifs is 7. The fourth-order valence-corrected chi connectivity index (χ4v) is 5.63. The van der Waals surface area contributed by atoms with E-state index in [1.165, 1.54) is 0 Å².